The van der Waals surface area contributed by atoms with Crippen LogP contribution >= 0.6 is 0 Å². The van der Waals surface area contributed by atoms with Gasteiger partial charge >= 0.3 is 0 Å². The maximum atomic E-state index is 14.2. The molecule has 6 nitrogen and oxygen atoms in total. The fourth-order valence-corrected chi connectivity index (χ4v) is 17.7. The first kappa shape index (κ1) is 43.9. The average molecular weight is 839 g/mol. The summed E-state index contributed by atoms with van der Waals surface area (Å²) in [5.41, 5.74) is 1.58. The summed E-state index contributed by atoms with van der Waals surface area (Å²) < 4.78 is 16.1. The zero-order valence-corrected chi connectivity index (χ0v) is 38.9. The average Bonchev–Trinajstić information content (AvgIpc) is 3.90. The number of benzene rings is 1. The van der Waals surface area contributed by atoms with Crippen LogP contribution in [0.1, 0.15) is 168 Å². The van der Waals surface area contributed by atoms with Crippen LogP contribution in [-0.4, -0.2) is 42.5 Å². The van der Waals surface area contributed by atoms with Gasteiger partial charge in [0.15, 0.2) is 5.78 Å². The molecule has 8 aliphatic carbocycles. The van der Waals surface area contributed by atoms with Crippen molar-refractivity contribution in [2.75, 3.05) is 0 Å². The summed E-state index contributed by atoms with van der Waals surface area (Å²) in [6, 6.07) is 6.75. The molecular weight excluding hydrogens is 760 g/mol. The van der Waals surface area contributed by atoms with Crippen LogP contribution in [0.25, 0.3) is 0 Å². The van der Waals surface area contributed by atoms with E-state index in [1.165, 1.54) is 63.9 Å². The number of aromatic nitrogens is 2. The smallest absolute Gasteiger partial charge is 0.156 e. The van der Waals surface area contributed by atoms with Crippen molar-refractivity contribution in [1.29, 1.82) is 0 Å². The van der Waals surface area contributed by atoms with Crippen LogP contribution in [0.2, 0.25) is 0 Å². The molecule has 1 heterocycles. The van der Waals surface area contributed by atoms with Crippen molar-refractivity contribution in [1.82, 2.24) is 9.55 Å². The second-order valence-corrected chi connectivity index (χ2v) is 24.5. The van der Waals surface area contributed by atoms with Gasteiger partial charge in [-0.25, -0.2) is 9.37 Å². The highest BCUT2D eigenvalue weighted by Gasteiger charge is 2.63. The van der Waals surface area contributed by atoms with E-state index < -0.39 is 11.2 Å². The number of rotatable bonds is 6. The molecule has 0 aliphatic heterocycles. The third kappa shape index (κ3) is 7.55. The van der Waals surface area contributed by atoms with E-state index in [-0.39, 0.29) is 40.7 Å². The Morgan fingerprint density at radius 1 is 0.639 bits per heavy atom. The summed E-state index contributed by atoms with van der Waals surface area (Å²) in [6.07, 6.45) is 24.5. The molecule has 7 heteroatoms. The minimum absolute atomic E-state index is 0.0763. The van der Waals surface area contributed by atoms with E-state index in [0.29, 0.717) is 58.3 Å². The van der Waals surface area contributed by atoms with Crippen LogP contribution in [0.4, 0.5) is 4.39 Å². The Balaban J connectivity index is 0.000000156. The Labute approximate surface area is 367 Å². The number of ketones is 2. The summed E-state index contributed by atoms with van der Waals surface area (Å²) in [5.74, 6) is 6.38. The molecule has 8 aliphatic rings. The fraction of sp³-hybridized carbons (Fsp3) is 0.796. The Kier molecular flexibility index (Phi) is 11.3. The molecule has 10 rings (SSSR count). The number of aliphatic hydroxyl groups is 2. The van der Waals surface area contributed by atoms with Crippen LogP contribution in [0, 0.1) is 93.6 Å². The Hall–Kier alpha value is -2.38. The lowest BCUT2D eigenvalue weighted by molar-refractivity contribution is -0.151. The van der Waals surface area contributed by atoms with E-state index in [4.69, 9.17) is 0 Å². The topological polar surface area (TPSA) is 92.4 Å². The Morgan fingerprint density at radius 3 is 1.62 bits per heavy atom. The van der Waals surface area contributed by atoms with Crippen molar-refractivity contribution in [3.05, 3.63) is 53.9 Å². The van der Waals surface area contributed by atoms with Crippen molar-refractivity contribution in [2.24, 2.45) is 80.8 Å². The molecule has 0 unspecified atom stereocenters. The number of aryl methyl sites for hydroxylation is 1. The summed E-state index contributed by atoms with van der Waals surface area (Å²) in [5, 5.41) is 21.4. The predicted octanol–water partition coefficient (Wildman–Crippen LogP) is 11.5. The number of nitrogens with zero attached hydrogens (tertiary/aromatic N) is 2. The van der Waals surface area contributed by atoms with E-state index in [2.05, 4.69) is 32.7 Å². The highest BCUT2D eigenvalue weighted by molar-refractivity contribution is 5.84. The summed E-state index contributed by atoms with van der Waals surface area (Å²) in [4.78, 5) is 31.0. The molecule has 0 spiro atoms. The van der Waals surface area contributed by atoms with Crippen LogP contribution in [-0.2, 0) is 22.6 Å². The Bertz CT molecular complexity index is 1970. The van der Waals surface area contributed by atoms with Crippen molar-refractivity contribution in [2.45, 2.75) is 188 Å². The van der Waals surface area contributed by atoms with Gasteiger partial charge in [0.2, 0.25) is 0 Å². The SMILES string of the molecule is C[C@@]1(O)CC[C@@]2(C)[C@@H](CC[C@@H]3[C@@H]2CC[C@]2(C)[C@@H](C(=O)Cc4ccccc4F)CC[C@@H]32)C1.Cc1cn(CC(=O)[C@H]2CC[C@H]3[C@@H]4CC[C@H]5C[C@](C)(O)CC[C@]5(C)[C@H]4CC[C@]23C)cn1. The molecule has 1 aromatic heterocycles. The van der Waals surface area contributed by atoms with Crippen molar-refractivity contribution < 1.29 is 24.2 Å². The molecule has 2 N–H and O–H groups in total. The minimum atomic E-state index is -0.488. The second kappa shape index (κ2) is 15.7. The predicted molar refractivity (Wildman–Crippen MR) is 239 cm³/mol. The van der Waals surface area contributed by atoms with Crippen LogP contribution in [0.15, 0.2) is 36.8 Å². The van der Waals surface area contributed by atoms with Crippen LogP contribution < -0.4 is 0 Å². The first-order chi connectivity index (χ1) is 28.8. The van der Waals surface area contributed by atoms with Crippen LogP contribution in [0.5, 0.6) is 0 Å². The molecule has 8 fully saturated rings. The van der Waals surface area contributed by atoms with E-state index in [9.17, 15) is 24.2 Å². The molecule has 0 saturated heterocycles. The number of imidazole rings is 1. The number of Topliss-reactive ketones (excluding diaryl/α,β-unsaturated/α-hetero) is 2. The third-order valence-corrected chi connectivity index (χ3v) is 21.1. The molecule has 336 valence electrons. The molecule has 0 amide bonds. The first-order valence-electron chi connectivity index (χ1n) is 25.0. The van der Waals surface area contributed by atoms with Crippen molar-refractivity contribution in [3.8, 4) is 0 Å². The Morgan fingerprint density at radius 2 is 1.13 bits per heavy atom. The van der Waals surface area contributed by atoms with Gasteiger partial charge in [-0.3, -0.25) is 9.59 Å². The number of carbonyl (C=O) groups excluding carboxylic acids is 2. The van der Waals surface area contributed by atoms with Crippen molar-refractivity contribution >= 4 is 11.6 Å². The monoisotopic (exact) mass is 839 g/mol. The van der Waals surface area contributed by atoms with E-state index in [1.54, 1.807) is 18.5 Å². The third-order valence-electron chi connectivity index (χ3n) is 21.1. The standard InChI is InChI=1S/C28H39FO2.C26H40N2O2/c1-26(31)14-15-27(2)19(17-26)8-9-20-21-10-11-23(28(21,3)13-12-22(20)27)25(30)16-18-6-4-5-7-24(18)29;1-17-14-28(16-27-17)15-23(29)22-8-7-20-19-6-5-18-13-24(2,30)11-12-25(18,3)21(19)9-10-26(20,22)4/h4-7,19-23,31H,8-17H2,1-3H3;14,16,18-22,30H,5-13,15H2,1-4H3/t19-,20-,21-,22-,23+,26+,27-,28-;18-,19-,20-,21-,22+,24+,25-,26-/m00/s1. The molecule has 0 bridgehead atoms. The summed E-state index contributed by atoms with van der Waals surface area (Å²) in [7, 11) is 0. The number of fused-ring (bicyclic) bond motifs is 10. The van der Waals surface area contributed by atoms with E-state index >= 15 is 0 Å². The number of hydrogen-bond donors (Lipinski definition) is 2. The second-order valence-electron chi connectivity index (χ2n) is 24.5. The van der Waals surface area contributed by atoms with Crippen LogP contribution in [0.3, 0.4) is 0 Å². The highest BCUT2D eigenvalue weighted by atomic mass is 19.1. The minimum Gasteiger partial charge on any atom is -0.390 e. The van der Waals surface area contributed by atoms with Gasteiger partial charge in [-0.05, 0) is 217 Å². The normalized spacial score (nSPS) is 47.3. The van der Waals surface area contributed by atoms with Gasteiger partial charge in [-0.1, -0.05) is 45.9 Å². The van der Waals surface area contributed by atoms with Gasteiger partial charge in [0.1, 0.15) is 11.6 Å². The van der Waals surface area contributed by atoms with Gasteiger partial charge in [0, 0.05) is 24.5 Å². The van der Waals surface area contributed by atoms with Gasteiger partial charge < -0.3 is 14.8 Å². The number of halogens is 1. The summed E-state index contributed by atoms with van der Waals surface area (Å²) >= 11 is 0. The zero-order valence-electron chi connectivity index (χ0n) is 38.9. The quantitative estimate of drug-likeness (QED) is 0.302. The van der Waals surface area contributed by atoms with Gasteiger partial charge in [0.25, 0.3) is 0 Å². The van der Waals surface area contributed by atoms with Gasteiger partial charge in [-0.2, -0.15) is 0 Å². The maximum Gasteiger partial charge on any atom is 0.156 e. The van der Waals surface area contributed by atoms with Gasteiger partial charge in [0.05, 0.1) is 29.8 Å². The molecule has 61 heavy (non-hydrogen) atoms. The molecule has 8 saturated carbocycles. The van der Waals surface area contributed by atoms with Crippen molar-refractivity contribution in [3.63, 3.8) is 0 Å². The molecule has 0 radical (unpaired) electrons. The van der Waals surface area contributed by atoms with E-state index in [0.717, 1.165) is 81.2 Å². The lowest BCUT2D eigenvalue weighted by atomic mass is 9.44. The lowest BCUT2D eigenvalue weighted by Gasteiger charge is -2.61. The fourth-order valence-electron chi connectivity index (χ4n) is 17.7. The largest absolute Gasteiger partial charge is 0.390 e. The van der Waals surface area contributed by atoms with Gasteiger partial charge in [-0.15, -0.1) is 0 Å². The summed E-state index contributed by atoms with van der Waals surface area (Å²) in [6.45, 7) is 16.4. The first-order valence-corrected chi connectivity index (χ1v) is 25.0. The number of hydrogen-bond acceptors (Lipinski definition) is 5. The molecule has 16 atom stereocenters. The van der Waals surface area contributed by atoms with E-state index in [1.807, 2.05) is 37.6 Å². The molecule has 1 aromatic carbocycles. The number of carbonyl (C=O) groups is 2. The molecule has 2 aromatic rings. The zero-order chi connectivity index (χ0) is 43.3. The molecular formula is C54H79FN2O4. The maximum absolute atomic E-state index is 14.2. The lowest BCUT2D eigenvalue weighted by Crippen LogP contribution is -2.55. The highest BCUT2D eigenvalue weighted by Crippen LogP contribution is 2.70.